The van der Waals surface area contributed by atoms with E-state index in [-0.39, 0.29) is 5.91 Å². The number of aromatic nitrogens is 2. The molecule has 0 aromatic carbocycles. The van der Waals surface area contributed by atoms with Gasteiger partial charge >= 0.3 is 6.18 Å². The summed E-state index contributed by atoms with van der Waals surface area (Å²) < 4.78 is 46.4. The van der Waals surface area contributed by atoms with Crippen LogP contribution in [0.5, 0.6) is 0 Å². The smallest absolute Gasteiger partial charge is 0.379 e. The second-order valence-electron chi connectivity index (χ2n) is 6.52. The molecule has 10 heteroatoms. The van der Waals surface area contributed by atoms with Gasteiger partial charge in [-0.1, -0.05) is 0 Å². The van der Waals surface area contributed by atoms with Gasteiger partial charge in [-0.25, -0.2) is 0 Å². The van der Waals surface area contributed by atoms with E-state index in [0.29, 0.717) is 41.8 Å². The molecule has 0 bridgehead atoms. The van der Waals surface area contributed by atoms with Crippen LogP contribution in [0.4, 0.5) is 13.2 Å². The van der Waals surface area contributed by atoms with Gasteiger partial charge in [0.25, 0.3) is 5.91 Å². The van der Waals surface area contributed by atoms with Gasteiger partial charge < -0.3 is 9.64 Å². The van der Waals surface area contributed by atoms with E-state index in [9.17, 15) is 18.0 Å². The lowest BCUT2D eigenvalue weighted by molar-refractivity contribution is -0.740. The molecule has 3 rings (SSSR count). The van der Waals surface area contributed by atoms with Crippen LogP contribution in [0.3, 0.4) is 0 Å². The molecule has 0 saturated carbocycles. The van der Waals surface area contributed by atoms with Crippen molar-refractivity contribution >= 4 is 17.2 Å². The van der Waals surface area contributed by atoms with Crippen molar-refractivity contribution in [1.29, 1.82) is 0 Å². The van der Waals surface area contributed by atoms with E-state index in [0.717, 1.165) is 19.2 Å². The Morgan fingerprint density at radius 3 is 2.67 bits per heavy atom. The van der Waals surface area contributed by atoms with Crippen molar-refractivity contribution in [2.45, 2.75) is 12.7 Å². The number of morpholine rings is 1. The normalized spacial score (nSPS) is 15.9. The van der Waals surface area contributed by atoms with Crippen LogP contribution in [0.25, 0.3) is 10.6 Å². The Hall–Kier alpha value is -1.91. The number of H-pyrrole nitrogens is 1. The standard InChI is InChI=1S/C17H21F3N4O2S/c1-22(2)16(25)14-4-3-13(27-14)12-11-15(17(18,19)20)21-24(12)6-5-23-7-9-26-10-8-23/h3-4,11H,5-10H2,1-2H3/p+1. The molecular formula is C17H22F3N4O2S+. The third-order valence-corrected chi connectivity index (χ3v) is 5.45. The summed E-state index contributed by atoms with van der Waals surface area (Å²) in [6.07, 6.45) is -4.46. The fourth-order valence-corrected chi connectivity index (χ4v) is 3.91. The van der Waals surface area contributed by atoms with Crippen molar-refractivity contribution in [3.63, 3.8) is 0 Å². The molecule has 0 unspecified atom stereocenters. The number of amides is 1. The van der Waals surface area contributed by atoms with Gasteiger partial charge in [-0.15, -0.1) is 16.0 Å². The topological polar surface area (TPSA) is 52.5 Å². The first-order valence-electron chi connectivity index (χ1n) is 8.57. The number of alkyl halides is 3. The van der Waals surface area contributed by atoms with E-state index in [4.69, 9.17) is 4.74 Å². The second kappa shape index (κ2) is 7.99. The summed E-state index contributed by atoms with van der Waals surface area (Å²) in [7, 11) is 3.28. The predicted octanol–water partition coefficient (Wildman–Crippen LogP) is 2.08. The van der Waals surface area contributed by atoms with Crippen molar-refractivity contribution in [2.75, 3.05) is 46.9 Å². The molecule has 1 amide bonds. The largest absolute Gasteiger partial charge is 0.436 e. The summed E-state index contributed by atoms with van der Waals surface area (Å²) in [6.45, 7) is 3.81. The molecule has 0 aliphatic carbocycles. The first kappa shape index (κ1) is 19.8. The van der Waals surface area contributed by atoms with Crippen LogP contribution < -0.4 is 4.68 Å². The average Bonchev–Trinajstić information content (AvgIpc) is 3.26. The summed E-state index contributed by atoms with van der Waals surface area (Å²) in [4.78, 5) is 16.8. The Labute approximate surface area is 159 Å². The van der Waals surface area contributed by atoms with Crippen molar-refractivity contribution in [2.24, 2.45) is 0 Å². The van der Waals surface area contributed by atoms with Gasteiger partial charge in [0.2, 0.25) is 5.69 Å². The van der Waals surface area contributed by atoms with E-state index in [1.807, 2.05) is 0 Å². The van der Waals surface area contributed by atoms with Gasteiger partial charge in [-0.3, -0.25) is 9.69 Å². The van der Waals surface area contributed by atoms with E-state index in [1.165, 1.54) is 20.9 Å². The zero-order chi connectivity index (χ0) is 19.6. The summed E-state index contributed by atoms with van der Waals surface area (Å²) in [5.41, 5.74) is -0.369. The summed E-state index contributed by atoms with van der Waals surface area (Å²) >= 11 is 1.19. The predicted molar refractivity (Wildman–Crippen MR) is 94.6 cm³/mol. The van der Waals surface area contributed by atoms with Crippen molar-refractivity contribution in [3.8, 4) is 10.6 Å². The molecule has 1 N–H and O–H groups in total. The first-order valence-corrected chi connectivity index (χ1v) is 9.39. The minimum absolute atomic E-state index is 0.169. The van der Waals surface area contributed by atoms with E-state index in [2.05, 4.69) is 10.00 Å². The van der Waals surface area contributed by atoms with Crippen LogP contribution in [0.2, 0.25) is 0 Å². The lowest BCUT2D eigenvalue weighted by Gasteiger charge is -2.24. The highest BCUT2D eigenvalue weighted by molar-refractivity contribution is 7.17. The van der Waals surface area contributed by atoms with Crippen LogP contribution in [0, 0.1) is 0 Å². The quantitative estimate of drug-likeness (QED) is 0.778. The first-order chi connectivity index (χ1) is 12.8. The van der Waals surface area contributed by atoms with Crippen LogP contribution in [-0.4, -0.2) is 67.7 Å². The maximum absolute atomic E-state index is 13.2. The fourth-order valence-electron chi connectivity index (χ4n) is 2.86. The molecule has 2 aromatic rings. The third-order valence-electron chi connectivity index (χ3n) is 4.35. The van der Waals surface area contributed by atoms with Crippen LogP contribution >= 0.6 is 11.3 Å². The molecule has 27 heavy (non-hydrogen) atoms. The maximum atomic E-state index is 13.2. The highest BCUT2D eigenvalue weighted by Gasteiger charge is 2.37. The number of ether oxygens (including phenoxy) is 1. The number of thiophene rings is 1. The lowest BCUT2D eigenvalue weighted by Crippen LogP contribution is -2.46. The maximum Gasteiger partial charge on any atom is 0.436 e. The van der Waals surface area contributed by atoms with Gasteiger partial charge in [0.05, 0.1) is 24.6 Å². The van der Waals surface area contributed by atoms with Crippen LogP contribution in [-0.2, 0) is 17.5 Å². The van der Waals surface area contributed by atoms with Crippen molar-refractivity contribution < 1.29 is 27.4 Å². The molecule has 0 atom stereocenters. The molecular weight excluding hydrogens is 381 g/mol. The second-order valence-corrected chi connectivity index (χ2v) is 7.61. The summed E-state index contributed by atoms with van der Waals surface area (Å²) in [6, 6.07) is 4.44. The highest BCUT2D eigenvalue weighted by Crippen LogP contribution is 2.32. The number of nitrogens with one attached hydrogen (secondary N) is 1. The highest BCUT2D eigenvalue weighted by atomic mass is 32.1. The van der Waals surface area contributed by atoms with Crippen LogP contribution in [0.15, 0.2) is 18.2 Å². The third kappa shape index (κ3) is 4.69. The van der Waals surface area contributed by atoms with Crippen molar-refractivity contribution in [1.82, 2.24) is 14.9 Å². The Kier molecular flexibility index (Phi) is 5.87. The zero-order valence-corrected chi connectivity index (χ0v) is 16.0. The van der Waals surface area contributed by atoms with Gasteiger partial charge in [0.1, 0.15) is 4.88 Å². The van der Waals surface area contributed by atoms with E-state index >= 15 is 0 Å². The van der Waals surface area contributed by atoms with Gasteiger partial charge in [-0.05, 0) is 12.1 Å². The summed E-state index contributed by atoms with van der Waals surface area (Å²) in [5, 5.41) is 2.47. The molecule has 1 fully saturated rings. The Bertz CT molecular complexity index is 794. The number of carbonyl (C=O) groups excluding carboxylic acids is 1. The van der Waals surface area contributed by atoms with Gasteiger partial charge in [0.15, 0.2) is 12.2 Å². The van der Waals surface area contributed by atoms with E-state index in [1.54, 1.807) is 26.2 Å². The fraction of sp³-hybridized carbons (Fsp3) is 0.529. The number of aromatic amines is 1. The average molecular weight is 403 g/mol. The molecule has 6 nitrogen and oxygen atoms in total. The number of halogens is 3. The molecule has 1 saturated heterocycles. The minimum Gasteiger partial charge on any atom is -0.379 e. The molecule has 2 aromatic heterocycles. The van der Waals surface area contributed by atoms with Crippen LogP contribution in [0.1, 0.15) is 15.4 Å². The van der Waals surface area contributed by atoms with Crippen molar-refractivity contribution in [3.05, 3.63) is 28.8 Å². The number of hydrogen-bond donors (Lipinski definition) is 1. The Morgan fingerprint density at radius 2 is 2.04 bits per heavy atom. The molecule has 148 valence electrons. The number of hydrogen-bond acceptors (Lipinski definition) is 4. The molecule has 0 spiro atoms. The summed E-state index contributed by atoms with van der Waals surface area (Å²) in [5.74, 6) is -0.169. The molecule has 1 aliphatic heterocycles. The van der Waals surface area contributed by atoms with Gasteiger partial charge in [0, 0.05) is 33.3 Å². The Balaban J connectivity index is 1.86. The lowest BCUT2D eigenvalue weighted by atomic mass is 10.3. The molecule has 3 heterocycles. The SMILES string of the molecule is CN(C)C(=O)c1ccc(-c2cc(C(F)(F)F)[nH][n+]2CCN2CCOCC2)s1. The molecule has 0 radical (unpaired) electrons. The monoisotopic (exact) mass is 403 g/mol. The zero-order valence-electron chi connectivity index (χ0n) is 15.2. The minimum atomic E-state index is -4.46. The van der Waals surface area contributed by atoms with E-state index < -0.39 is 11.9 Å². The molecule has 1 aliphatic rings. The van der Waals surface area contributed by atoms with Gasteiger partial charge in [-0.2, -0.15) is 18.3 Å². The Morgan fingerprint density at radius 1 is 1.33 bits per heavy atom. The number of rotatable bonds is 5. The number of nitrogens with zero attached hydrogens (tertiary/aromatic N) is 3. The number of carbonyl (C=O) groups is 1.